The number of amidine groups is 1. The number of thiazole rings is 1. The van der Waals surface area contributed by atoms with Gasteiger partial charge in [0.15, 0.2) is 22.4 Å². The third-order valence-electron chi connectivity index (χ3n) is 5.48. The van der Waals surface area contributed by atoms with Gasteiger partial charge in [-0.1, -0.05) is 5.92 Å². The number of allylic oxidation sites excluding steroid dienone is 1. The number of carboxylic acid groups (broad SMARTS) is 1. The molecule has 0 radical (unpaired) electrons. The molecule has 1 saturated heterocycles. The number of anilines is 1. The maximum Gasteiger partial charge on any atom is 0.341 e. The molecule has 0 aliphatic carbocycles. The third-order valence-corrected chi connectivity index (χ3v) is 6.25. The molecule has 2 N–H and O–H groups in total. The molecule has 0 spiro atoms. The summed E-state index contributed by atoms with van der Waals surface area (Å²) >= 11 is 1.20. The molecule has 0 aromatic carbocycles. The number of nitrogens with zero attached hydrogens (tertiary/aromatic N) is 5. The minimum absolute atomic E-state index is 0.0511. The Hall–Kier alpha value is -4.37. The Morgan fingerprint density at radius 3 is 2.81 bits per heavy atom. The average Bonchev–Trinajstić information content (AvgIpc) is 3.33. The van der Waals surface area contributed by atoms with Crippen LogP contribution in [0.4, 0.5) is 10.2 Å². The van der Waals surface area contributed by atoms with Crippen LogP contribution >= 0.6 is 11.3 Å². The summed E-state index contributed by atoms with van der Waals surface area (Å²) in [6, 6.07) is 0.976. The number of fused-ring (bicyclic) bond motifs is 1. The van der Waals surface area contributed by atoms with Gasteiger partial charge in [-0.25, -0.2) is 19.2 Å². The number of carboxylic acids is 1. The van der Waals surface area contributed by atoms with Crippen molar-refractivity contribution >= 4 is 45.9 Å². The summed E-state index contributed by atoms with van der Waals surface area (Å²) in [5.41, 5.74) is -0.692. The molecular formula is C24H21FN6O4S. The number of carbonyl (C=O) groups is 2. The highest BCUT2D eigenvalue weighted by Gasteiger charge is 2.36. The fraction of sp³-hybridized carbons (Fsp3) is 0.250. The highest BCUT2D eigenvalue weighted by molar-refractivity contribution is 7.12. The van der Waals surface area contributed by atoms with E-state index in [9.17, 15) is 19.5 Å². The summed E-state index contributed by atoms with van der Waals surface area (Å²) in [6.45, 7) is 4.38. The second-order valence-corrected chi connectivity index (χ2v) is 8.82. The van der Waals surface area contributed by atoms with Crippen molar-refractivity contribution in [1.29, 1.82) is 0 Å². The van der Waals surface area contributed by atoms with Gasteiger partial charge >= 0.3 is 5.97 Å². The molecule has 4 rings (SSSR count). The third kappa shape index (κ3) is 4.73. The molecule has 3 aromatic heterocycles. The molecule has 10 nitrogen and oxygen atoms in total. The summed E-state index contributed by atoms with van der Waals surface area (Å²) in [4.78, 5) is 51.3. The number of terminal acetylenes is 1. The summed E-state index contributed by atoms with van der Waals surface area (Å²) in [6.07, 6.45) is 9.62. The van der Waals surface area contributed by atoms with Crippen LogP contribution in [0.2, 0.25) is 0 Å². The number of aromatic nitrogens is 3. The van der Waals surface area contributed by atoms with Gasteiger partial charge in [-0.05, 0) is 26.0 Å². The van der Waals surface area contributed by atoms with E-state index < -0.39 is 28.7 Å². The van der Waals surface area contributed by atoms with E-state index in [1.165, 1.54) is 22.1 Å². The molecule has 0 atom stereocenters. The SMILES string of the molecule is C#C/C(C)=C\C(=NCC)NC(=O)C1CN(c2nc3c(cc2F)c(=O)c(C(=O)O)cn3-c2nccs2)C1. The fourth-order valence-electron chi connectivity index (χ4n) is 3.65. The highest BCUT2D eigenvalue weighted by Crippen LogP contribution is 2.29. The van der Waals surface area contributed by atoms with Crippen molar-refractivity contribution in [2.24, 2.45) is 10.9 Å². The van der Waals surface area contributed by atoms with E-state index in [0.717, 1.165) is 12.3 Å². The van der Waals surface area contributed by atoms with Gasteiger partial charge in [0.2, 0.25) is 11.3 Å². The van der Waals surface area contributed by atoms with Gasteiger partial charge in [-0.3, -0.25) is 19.1 Å². The summed E-state index contributed by atoms with van der Waals surface area (Å²) < 4.78 is 16.4. The van der Waals surface area contributed by atoms with Crippen LogP contribution in [0.1, 0.15) is 24.2 Å². The molecule has 184 valence electrons. The lowest BCUT2D eigenvalue weighted by atomic mass is 9.99. The molecule has 0 unspecified atom stereocenters. The number of rotatable bonds is 6. The van der Waals surface area contributed by atoms with Crippen molar-refractivity contribution in [1.82, 2.24) is 19.9 Å². The standard InChI is InChI=1S/C24H21FN6O4S/c1-4-13(3)8-18(26-5-2)28-22(33)14-10-30(11-14)21-17(25)9-15-19(32)16(23(34)35)12-31(20(15)29-21)24-27-6-7-36-24/h1,6-9,12,14H,5,10-11H2,2-3H3,(H,34,35)(H,26,28,33)/b13-8-. The van der Waals surface area contributed by atoms with Crippen LogP contribution in [0.25, 0.3) is 16.2 Å². The fourth-order valence-corrected chi connectivity index (χ4v) is 4.27. The van der Waals surface area contributed by atoms with Crippen LogP contribution in [0.15, 0.2) is 45.3 Å². The van der Waals surface area contributed by atoms with Crippen LogP contribution in [-0.4, -0.2) is 57.0 Å². The number of aliphatic imine (C=N–C) groups is 1. The second-order valence-electron chi connectivity index (χ2n) is 7.95. The number of halogens is 1. The Kier molecular flexibility index (Phi) is 6.93. The van der Waals surface area contributed by atoms with Gasteiger partial charge in [0.05, 0.1) is 11.3 Å². The minimum Gasteiger partial charge on any atom is -0.477 e. The topological polar surface area (TPSA) is 130 Å². The number of hydrogen-bond acceptors (Lipinski definition) is 8. The Balaban J connectivity index is 1.63. The first-order chi connectivity index (χ1) is 17.2. The van der Waals surface area contributed by atoms with Crippen molar-refractivity contribution in [3.05, 3.63) is 57.1 Å². The van der Waals surface area contributed by atoms with Gasteiger partial charge in [0.25, 0.3) is 0 Å². The van der Waals surface area contributed by atoms with E-state index in [1.807, 2.05) is 6.92 Å². The van der Waals surface area contributed by atoms with E-state index in [0.29, 0.717) is 23.1 Å². The van der Waals surface area contributed by atoms with Crippen molar-refractivity contribution in [2.45, 2.75) is 13.8 Å². The number of carbonyl (C=O) groups excluding carboxylic acids is 1. The zero-order valence-electron chi connectivity index (χ0n) is 19.4. The molecule has 4 heterocycles. The number of nitrogens with one attached hydrogen (secondary N) is 1. The lowest BCUT2D eigenvalue weighted by Crippen LogP contribution is -2.55. The molecule has 1 amide bonds. The maximum atomic E-state index is 15.0. The predicted octanol–water partition coefficient (Wildman–Crippen LogP) is 2.23. The number of amides is 1. The molecule has 1 aliphatic heterocycles. The van der Waals surface area contributed by atoms with E-state index >= 15 is 4.39 Å². The molecule has 0 saturated carbocycles. The summed E-state index contributed by atoms with van der Waals surface area (Å²) in [5.74, 6) is -0.192. The van der Waals surface area contributed by atoms with Crippen molar-refractivity contribution in [2.75, 3.05) is 24.5 Å². The van der Waals surface area contributed by atoms with Crippen LogP contribution in [0, 0.1) is 24.1 Å². The van der Waals surface area contributed by atoms with Crippen LogP contribution in [0.3, 0.4) is 0 Å². The molecule has 0 bridgehead atoms. The van der Waals surface area contributed by atoms with Gasteiger partial charge in [0.1, 0.15) is 11.4 Å². The Morgan fingerprint density at radius 1 is 1.44 bits per heavy atom. The van der Waals surface area contributed by atoms with Crippen molar-refractivity contribution in [3.8, 4) is 17.5 Å². The quantitative estimate of drug-likeness (QED) is 0.297. The zero-order valence-corrected chi connectivity index (χ0v) is 20.2. The number of aromatic carboxylic acids is 1. The van der Waals surface area contributed by atoms with E-state index in [2.05, 4.69) is 26.2 Å². The van der Waals surface area contributed by atoms with Gasteiger partial charge in [-0.2, -0.15) is 0 Å². The lowest BCUT2D eigenvalue weighted by molar-refractivity contribution is -0.124. The van der Waals surface area contributed by atoms with E-state index in [1.54, 1.807) is 23.3 Å². The van der Waals surface area contributed by atoms with Gasteiger partial charge in [0, 0.05) is 43.0 Å². The van der Waals surface area contributed by atoms with E-state index in [4.69, 9.17) is 6.42 Å². The Labute approximate surface area is 208 Å². The van der Waals surface area contributed by atoms with Crippen LogP contribution in [-0.2, 0) is 4.79 Å². The second kappa shape index (κ2) is 10.1. The first kappa shape index (κ1) is 24.7. The van der Waals surface area contributed by atoms with Crippen molar-refractivity contribution in [3.63, 3.8) is 0 Å². The molecule has 12 heteroatoms. The lowest BCUT2D eigenvalue weighted by Gasteiger charge is -2.39. The number of pyridine rings is 2. The molecule has 1 aliphatic rings. The summed E-state index contributed by atoms with van der Waals surface area (Å²) in [5, 5.41) is 14.0. The normalized spacial score (nSPS) is 14.4. The van der Waals surface area contributed by atoms with E-state index in [-0.39, 0.29) is 35.8 Å². The smallest absolute Gasteiger partial charge is 0.341 e. The molecule has 1 fully saturated rings. The molecule has 36 heavy (non-hydrogen) atoms. The Morgan fingerprint density at radius 2 is 2.19 bits per heavy atom. The zero-order chi connectivity index (χ0) is 26.0. The van der Waals surface area contributed by atoms with Crippen LogP contribution < -0.4 is 15.6 Å². The van der Waals surface area contributed by atoms with Crippen LogP contribution in [0.5, 0.6) is 0 Å². The first-order valence-electron chi connectivity index (χ1n) is 10.9. The minimum atomic E-state index is -1.44. The summed E-state index contributed by atoms with van der Waals surface area (Å²) in [7, 11) is 0. The Bertz CT molecular complexity index is 1510. The largest absolute Gasteiger partial charge is 0.477 e. The predicted molar refractivity (Wildman–Crippen MR) is 134 cm³/mol. The van der Waals surface area contributed by atoms with Gasteiger partial charge < -0.3 is 15.3 Å². The first-order valence-corrected chi connectivity index (χ1v) is 11.8. The number of hydrogen-bond donors (Lipinski definition) is 2. The molecule has 3 aromatic rings. The van der Waals surface area contributed by atoms with Crippen molar-refractivity contribution < 1.29 is 19.1 Å². The molecular weight excluding hydrogens is 487 g/mol. The average molecular weight is 509 g/mol. The maximum absolute atomic E-state index is 15.0. The monoisotopic (exact) mass is 508 g/mol. The highest BCUT2D eigenvalue weighted by atomic mass is 32.1. The van der Waals surface area contributed by atoms with Gasteiger partial charge in [-0.15, -0.1) is 17.8 Å².